The van der Waals surface area contributed by atoms with Gasteiger partial charge in [0.05, 0.1) is 5.69 Å². The lowest BCUT2D eigenvalue weighted by Gasteiger charge is -2.04. The number of nitrogens with zero attached hydrogens (tertiary/aromatic N) is 2. The highest BCUT2D eigenvalue weighted by molar-refractivity contribution is 9.10. The van der Waals surface area contributed by atoms with E-state index in [1.54, 1.807) is 28.4 Å². The number of fused-ring (bicyclic) bond motifs is 1. The van der Waals surface area contributed by atoms with E-state index >= 15 is 0 Å². The predicted molar refractivity (Wildman–Crippen MR) is 75.6 cm³/mol. The zero-order valence-electron chi connectivity index (χ0n) is 9.52. The van der Waals surface area contributed by atoms with E-state index in [-0.39, 0.29) is 5.56 Å². The molecule has 0 aliphatic heterocycles. The first-order chi connectivity index (χ1) is 8.20. The zero-order chi connectivity index (χ0) is 12.3. The topological polar surface area (TPSA) is 34.4 Å². The van der Waals surface area contributed by atoms with Gasteiger partial charge in [0.15, 0.2) is 0 Å². The average molecular weight is 313 g/mol. The molecular formula is C12H13BrN2OS. The van der Waals surface area contributed by atoms with E-state index in [1.807, 2.05) is 12.1 Å². The summed E-state index contributed by atoms with van der Waals surface area (Å²) in [5.74, 6) is 1.90. The van der Waals surface area contributed by atoms with Crippen molar-refractivity contribution in [3.63, 3.8) is 0 Å². The van der Waals surface area contributed by atoms with Gasteiger partial charge in [0.25, 0.3) is 5.56 Å². The van der Waals surface area contributed by atoms with Crippen LogP contribution in [0.4, 0.5) is 0 Å². The number of hydrogen-bond acceptors (Lipinski definition) is 3. The van der Waals surface area contributed by atoms with E-state index < -0.39 is 0 Å². The summed E-state index contributed by atoms with van der Waals surface area (Å²) in [4.78, 5) is 16.3. The number of rotatable bonds is 4. The van der Waals surface area contributed by atoms with Crippen LogP contribution in [0.5, 0.6) is 0 Å². The quantitative estimate of drug-likeness (QED) is 0.814. The van der Waals surface area contributed by atoms with Crippen LogP contribution in [-0.2, 0) is 5.75 Å². The maximum absolute atomic E-state index is 11.9. The van der Waals surface area contributed by atoms with Gasteiger partial charge in [-0.05, 0) is 40.2 Å². The van der Waals surface area contributed by atoms with Gasteiger partial charge in [-0.15, -0.1) is 0 Å². The predicted octanol–water partition coefficient (Wildman–Crippen LogP) is 3.10. The lowest BCUT2D eigenvalue weighted by atomic mass is 10.4. The van der Waals surface area contributed by atoms with Crippen molar-refractivity contribution >= 4 is 33.3 Å². The Bertz CT molecular complexity index is 582. The highest BCUT2D eigenvalue weighted by Gasteiger charge is 2.02. The number of halogens is 1. The molecule has 0 bridgehead atoms. The fourth-order valence-electron chi connectivity index (χ4n) is 1.52. The maximum Gasteiger partial charge on any atom is 0.258 e. The fourth-order valence-corrected chi connectivity index (χ4v) is 2.65. The summed E-state index contributed by atoms with van der Waals surface area (Å²) in [6.07, 6.45) is 2.89. The second kappa shape index (κ2) is 5.69. The van der Waals surface area contributed by atoms with E-state index in [2.05, 4.69) is 27.8 Å². The Morgan fingerprint density at radius 2 is 2.29 bits per heavy atom. The molecule has 3 nitrogen and oxygen atoms in total. The molecule has 0 saturated heterocycles. The smallest absolute Gasteiger partial charge is 0.258 e. The van der Waals surface area contributed by atoms with Gasteiger partial charge in [0.2, 0.25) is 0 Å². The number of aromatic nitrogens is 2. The molecule has 0 saturated carbocycles. The molecule has 0 radical (unpaired) electrons. The molecule has 0 unspecified atom stereocenters. The molecule has 90 valence electrons. The third-order valence-corrected chi connectivity index (χ3v) is 3.94. The summed E-state index contributed by atoms with van der Waals surface area (Å²) >= 11 is 5.15. The van der Waals surface area contributed by atoms with Crippen LogP contribution >= 0.6 is 27.7 Å². The minimum Gasteiger partial charge on any atom is -0.269 e. The average Bonchev–Trinajstić information content (AvgIpc) is 2.31. The molecule has 17 heavy (non-hydrogen) atoms. The summed E-state index contributed by atoms with van der Waals surface area (Å²) in [6.45, 7) is 2.15. The Hall–Kier alpha value is -0.810. The summed E-state index contributed by atoms with van der Waals surface area (Å²) in [7, 11) is 0. The molecule has 0 aliphatic rings. The van der Waals surface area contributed by atoms with Gasteiger partial charge < -0.3 is 0 Å². The van der Waals surface area contributed by atoms with Crippen LogP contribution in [-0.4, -0.2) is 15.1 Å². The first kappa shape index (κ1) is 12.6. The molecule has 0 aliphatic carbocycles. The van der Waals surface area contributed by atoms with Gasteiger partial charge in [-0.1, -0.05) is 6.92 Å². The van der Waals surface area contributed by atoms with E-state index in [9.17, 15) is 4.79 Å². The van der Waals surface area contributed by atoms with Crippen molar-refractivity contribution in [2.75, 3.05) is 5.75 Å². The Kier molecular flexibility index (Phi) is 4.23. The fraction of sp³-hybridized carbons (Fsp3) is 0.333. The highest BCUT2D eigenvalue weighted by atomic mass is 79.9. The Balaban J connectivity index is 2.35. The summed E-state index contributed by atoms with van der Waals surface area (Å²) in [5, 5.41) is 0. The van der Waals surface area contributed by atoms with Crippen LogP contribution in [0.15, 0.2) is 33.7 Å². The first-order valence-electron chi connectivity index (χ1n) is 5.46. The molecule has 2 rings (SSSR count). The molecule has 0 N–H and O–H groups in total. The van der Waals surface area contributed by atoms with Crippen molar-refractivity contribution < 1.29 is 0 Å². The molecular weight excluding hydrogens is 300 g/mol. The SMILES string of the molecule is CCCSCc1cc(=O)n2cc(Br)ccc2n1. The molecule has 2 heterocycles. The van der Waals surface area contributed by atoms with Crippen molar-refractivity contribution in [2.45, 2.75) is 19.1 Å². The number of thioether (sulfide) groups is 1. The lowest BCUT2D eigenvalue weighted by molar-refractivity contribution is 1.01. The monoisotopic (exact) mass is 312 g/mol. The van der Waals surface area contributed by atoms with Crippen LogP contribution < -0.4 is 5.56 Å². The summed E-state index contributed by atoms with van der Waals surface area (Å²) in [5.41, 5.74) is 1.53. The first-order valence-corrected chi connectivity index (χ1v) is 7.41. The number of pyridine rings is 1. The lowest BCUT2D eigenvalue weighted by Crippen LogP contribution is -2.15. The zero-order valence-corrected chi connectivity index (χ0v) is 11.9. The molecule has 0 fully saturated rings. The van der Waals surface area contributed by atoms with Gasteiger partial charge in [0, 0.05) is 22.5 Å². The van der Waals surface area contributed by atoms with Crippen molar-refractivity contribution in [1.29, 1.82) is 0 Å². The second-order valence-electron chi connectivity index (χ2n) is 3.71. The van der Waals surface area contributed by atoms with Crippen LogP contribution in [0, 0.1) is 0 Å². The molecule has 0 atom stereocenters. The van der Waals surface area contributed by atoms with Crippen molar-refractivity contribution in [2.24, 2.45) is 0 Å². The Morgan fingerprint density at radius 3 is 3.06 bits per heavy atom. The second-order valence-corrected chi connectivity index (χ2v) is 5.73. The minimum absolute atomic E-state index is 0.0246. The van der Waals surface area contributed by atoms with Crippen molar-refractivity contribution in [3.8, 4) is 0 Å². The highest BCUT2D eigenvalue weighted by Crippen LogP contribution is 2.12. The molecule has 2 aromatic heterocycles. The Morgan fingerprint density at radius 1 is 1.47 bits per heavy atom. The third-order valence-electron chi connectivity index (χ3n) is 2.27. The van der Waals surface area contributed by atoms with Gasteiger partial charge in [-0.25, -0.2) is 4.98 Å². The van der Waals surface area contributed by atoms with E-state index in [1.165, 1.54) is 0 Å². The standard InChI is InChI=1S/C12H13BrN2OS/c1-2-5-17-8-10-6-12(16)15-7-9(13)3-4-11(15)14-10/h3-4,6-7H,2,5,8H2,1H3. The molecule has 0 aromatic carbocycles. The van der Waals surface area contributed by atoms with Gasteiger partial charge in [-0.2, -0.15) is 11.8 Å². The largest absolute Gasteiger partial charge is 0.269 e. The van der Waals surface area contributed by atoms with Gasteiger partial charge in [-0.3, -0.25) is 9.20 Å². The third kappa shape index (κ3) is 3.10. The molecule has 2 aromatic rings. The Labute approximate surface area is 112 Å². The van der Waals surface area contributed by atoms with E-state index in [0.717, 1.165) is 28.1 Å². The van der Waals surface area contributed by atoms with Gasteiger partial charge in [0.1, 0.15) is 5.65 Å². The van der Waals surface area contributed by atoms with Crippen LogP contribution in [0.3, 0.4) is 0 Å². The van der Waals surface area contributed by atoms with Crippen molar-refractivity contribution in [1.82, 2.24) is 9.38 Å². The van der Waals surface area contributed by atoms with E-state index in [4.69, 9.17) is 0 Å². The van der Waals surface area contributed by atoms with Crippen molar-refractivity contribution in [3.05, 3.63) is 44.9 Å². The van der Waals surface area contributed by atoms with Gasteiger partial charge >= 0.3 is 0 Å². The van der Waals surface area contributed by atoms with Crippen LogP contribution in [0.2, 0.25) is 0 Å². The normalized spacial score (nSPS) is 10.9. The van der Waals surface area contributed by atoms with Crippen LogP contribution in [0.25, 0.3) is 5.65 Å². The number of hydrogen-bond donors (Lipinski definition) is 0. The molecule has 5 heteroatoms. The van der Waals surface area contributed by atoms with E-state index in [0.29, 0.717) is 5.65 Å². The molecule has 0 spiro atoms. The summed E-state index contributed by atoms with van der Waals surface area (Å²) < 4.78 is 2.43. The minimum atomic E-state index is -0.0246. The van der Waals surface area contributed by atoms with Crippen LogP contribution in [0.1, 0.15) is 19.0 Å². The summed E-state index contributed by atoms with van der Waals surface area (Å²) in [6, 6.07) is 5.35. The molecule has 0 amide bonds. The maximum atomic E-state index is 11.9.